The third-order valence-corrected chi connectivity index (χ3v) is 4.80. The smallest absolute Gasteiger partial charge is 0.230 e. The maximum Gasteiger partial charge on any atom is 0.230 e. The molecule has 6 nitrogen and oxygen atoms in total. The molecule has 1 heterocycles. The summed E-state index contributed by atoms with van der Waals surface area (Å²) in [7, 11) is 1.62. The zero-order chi connectivity index (χ0) is 18.4. The summed E-state index contributed by atoms with van der Waals surface area (Å²) in [4.78, 5) is 12.3. The number of thioether (sulfide) groups is 1. The Bertz CT molecular complexity index is 867. The number of methoxy groups -OCH3 is 1. The summed E-state index contributed by atoms with van der Waals surface area (Å²) >= 11 is 1.34. The van der Waals surface area contributed by atoms with Crippen LogP contribution in [0.3, 0.4) is 0 Å². The van der Waals surface area contributed by atoms with Crippen molar-refractivity contribution in [2.24, 2.45) is 0 Å². The maximum atomic E-state index is 12.3. The molecule has 0 spiro atoms. The van der Waals surface area contributed by atoms with Crippen LogP contribution >= 0.6 is 11.8 Å². The van der Waals surface area contributed by atoms with Crippen LogP contribution in [0.2, 0.25) is 0 Å². The number of nitrogens with one attached hydrogen (secondary N) is 1. The summed E-state index contributed by atoms with van der Waals surface area (Å²) in [6, 6.07) is 17.4. The molecule has 0 saturated heterocycles. The van der Waals surface area contributed by atoms with Gasteiger partial charge in [-0.05, 0) is 24.6 Å². The van der Waals surface area contributed by atoms with E-state index in [1.54, 1.807) is 13.4 Å². The first-order chi connectivity index (χ1) is 12.7. The molecular weight excluding hydrogens is 348 g/mol. The highest BCUT2D eigenvalue weighted by molar-refractivity contribution is 7.99. The number of benzene rings is 2. The third kappa shape index (κ3) is 4.43. The van der Waals surface area contributed by atoms with Gasteiger partial charge in [0, 0.05) is 6.07 Å². The lowest BCUT2D eigenvalue weighted by Crippen LogP contribution is -2.28. The highest BCUT2D eigenvalue weighted by atomic mass is 32.2. The molecule has 3 rings (SSSR count). The Morgan fingerprint density at radius 1 is 1.23 bits per heavy atom. The SMILES string of the molecule is COc1cccc(-n2cnnc2SCC(=O)N[C@@H](C)c2ccccc2)c1. The predicted molar refractivity (Wildman–Crippen MR) is 102 cm³/mol. The Labute approximate surface area is 156 Å². The zero-order valence-corrected chi connectivity index (χ0v) is 15.4. The number of nitrogens with zero attached hydrogens (tertiary/aromatic N) is 3. The number of aromatic nitrogens is 3. The molecule has 0 aliphatic carbocycles. The molecule has 1 atom stereocenters. The Morgan fingerprint density at radius 2 is 2.04 bits per heavy atom. The number of hydrogen-bond donors (Lipinski definition) is 1. The molecule has 0 radical (unpaired) electrons. The second-order valence-corrected chi connectivity index (χ2v) is 6.62. The number of hydrogen-bond acceptors (Lipinski definition) is 5. The van der Waals surface area contributed by atoms with E-state index >= 15 is 0 Å². The monoisotopic (exact) mass is 368 g/mol. The minimum absolute atomic E-state index is 0.0412. The molecule has 3 aromatic rings. The van der Waals surface area contributed by atoms with E-state index in [9.17, 15) is 4.79 Å². The lowest BCUT2D eigenvalue weighted by atomic mass is 10.1. The normalized spacial score (nSPS) is 11.8. The average molecular weight is 368 g/mol. The molecule has 7 heteroatoms. The Hall–Kier alpha value is -2.80. The molecule has 0 fully saturated rings. The van der Waals surface area contributed by atoms with E-state index in [2.05, 4.69) is 15.5 Å². The molecule has 1 N–H and O–H groups in total. The molecule has 1 amide bonds. The summed E-state index contributed by atoms with van der Waals surface area (Å²) in [6.07, 6.45) is 1.63. The molecule has 0 unspecified atom stereocenters. The van der Waals surface area contributed by atoms with Crippen molar-refractivity contribution in [1.29, 1.82) is 0 Å². The fourth-order valence-electron chi connectivity index (χ4n) is 2.50. The number of amides is 1. The summed E-state index contributed by atoms with van der Waals surface area (Å²) in [5.41, 5.74) is 1.96. The maximum absolute atomic E-state index is 12.3. The van der Waals surface area contributed by atoms with Gasteiger partial charge < -0.3 is 10.1 Å². The second kappa shape index (κ2) is 8.53. The van der Waals surface area contributed by atoms with Gasteiger partial charge in [0.25, 0.3) is 0 Å². The molecule has 0 aliphatic heterocycles. The largest absolute Gasteiger partial charge is 0.497 e. The Morgan fingerprint density at radius 3 is 2.81 bits per heavy atom. The van der Waals surface area contributed by atoms with Crippen LogP contribution in [0.5, 0.6) is 5.75 Å². The van der Waals surface area contributed by atoms with Gasteiger partial charge in [-0.1, -0.05) is 48.2 Å². The highest BCUT2D eigenvalue weighted by Crippen LogP contribution is 2.22. The van der Waals surface area contributed by atoms with E-state index in [0.717, 1.165) is 17.0 Å². The first kappa shape index (κ1) is 18.0. The fraction of sp³-hybridized carbons (Fsp3) is 0.211. The minimum atomic E-state index is -0.0495. The van der Waals surface area contributed by atoms with Crippen LogP contribution < -0.4 is 10.1 Å². The van der Waals surface area contributed by atoms with Crippen molar-refractivity contribution >= 4 is 17.7 Å². The van der Waals surface area contributed by atoms with Crippen molar-refractivity contribution in [3.63, 3.8) is 0 Å². The van der Waals surface area contributed by atoms with E-state index in [0.29, 0.717) is 5.16 Å². The van der Waals surface area contributed by atoms with Crippen molar-refractivity contribution in [2.45, 2.75) is 18.1 Å². The van der Waals surface area contributed by atoms with Crippen LogP contribution in [0.4, 0.5) is 0 Å². The zero-order valence-electron chi connectivity index (χ0n) is 14.6. The van der Waals surface area contributed by atoms with Gasteiger partial charge in [-0.25, -0.2) is 0 Å². The van der Waals surface area contributed by atoms with Crippen LogP contribution in [0.15, 0.2) is 66.1 Å². The number of rotatable bonds is 7. The van der Waals surface area contributed by atoms with Gasteiger partial charge in [-0.2, -0.15) is 0 Å². The summed E-state index contributed by atoms with van der Waals surface area (Å²) in [5, 5.41) is 11.7. The van der Waals surface area contributed by atoms with Gasteiger partial charge >= 0.3 is 0 Å². The summed E-state index contributed by atoms with van der Waals surface area (Å²) < 4.78 is 7.09. The van der Waals surface area contributed by atoms with E-state index in [-0.39, 0.29) is 17.7 Å². The van der Waals surface area contributed by atoms with Crippen LogP contribution in [-0.4, -0.2) is 33.5 Å². The van der Waals surface area contributed by atoms with Crippen molar-refractivity contribution in [3.8, 4) is 11.4 Å². The van der Waals surface area contributed by atoms with Gasteiger partial charge in [0.2, 0.25) is 5.91 Å². The molecule has 2 aromatic carbocycles. The van der Waals surface area contributed by atoms with E-state index < -0.39 is 0 Å². The quantitative estimate of drug-likeness (QED) is 0.649. The van der Waals surface area contributed by atoms with Crippen LogP contribution in [0, 0.1) is 0 Å². The topological polar surface area (TPSA) is 69.0 Å². The second-order valence-electron chi connectivity index (χ2n) is 5.67. The van der Waals surface area contributed by atoms with Gasteiger partial charge in [-0.3, -0.25) is 9.36 Å². The van der Waals surface area contributed by atoms with Crippen LogP contribution in [0.1, 0.15) is 18.5 Å². The molecule has 26 heavy (non-hydrogen) atoms. The van der Waals surface area contributed by atoms with E-state index in [1.165, 1.54) is 11.8 Å². The molecule has 1 aromatic heterocycles. The molecule has 0 saturated carbocycles. The number of carbonyl (C=O) groups is 1. The summed E-state index contributed by atoms with van der Waals surface area (Å²) in [5.74, 6) is 0.966. The van der Waals surface area contributed by atoms with Gasteiger partial charge in [0.1, 0.15) is 12.1 Å². The van der Waals surface area contributed by atoms with Gasteiger partial charge in [-0.15, -0.1) is 10.2 Å². The minimum Gasteiger partial charge on any atom is -0.497 e. The Kier molecular flexibility index (Phi) is 5.91. The molecule has 0 bridgehead atoms. The lowest BCUT2D eigenvalue weighted by Gasteiger charge is -2.14. The van der Waals surface area contributed by atoms with E-state index in [1.807, 2.05) is 66.1 Å². The van der Waals surface area contributed by atoms with Gasteiger partial charge in [0.15, 0.2) is 5.16 Å². The van der Waals surface area contributed by atoms with Crippen molar-refractivity contribution in [2.75, 3.05) is 12.9 Å². The first-order valence-electron chi connectivity index (χ1n) is 8.19. The van der Waals surface area contributed by atoms with E-state index in [4.69, 9.17) is 4.74 Å². The first-order valence-corrected chi connectivity index (χ1v) is 9.17. The van der Waals surface area contributed by atoms with Crippen molar-refractivity contribution in [1.82, 2.24) is 20.1 Å². The summed E-state index contributed by atoms with van der Waals surface area (Å²) in [6.45, 7) is 1.97. The predicted octanol–water partition coefficient (Wildman–Crippen LogP) is 3.25. The Balaban J connectivity index is 1.62. The number of carbonyl (C=O) groups excluding carboxylic acids is 1. The standard InChI is InChI=1S/C19H20N4O2S/c1-14(15-7-4-3-5-8-15)21-18(24)12-26-19-22-20-13-23(19)16-9-6-10-17(11-16)25-2/h3-11,13-14H,12H2,1-2H3,(H,21,24)/t14-/m0/s1. The van der Waals surface area contributed by atoms with Crippen molar-refractivity contribution in [3.05, 3.63) is 66.5 Å². The third-order valence-electron chi connectivity index (χ3n) is 3.86. The van der Waals surface area contributed by atoms with Crippen LogP contribution in [0.25, 0.3) is 5.69 Å². The van der Waals surface area contributed by atoms with Crippen molar-refractivity contribution < 1.29 is 9.53 Å². The molecular formula is C19H20N4O2S. The molecule has 134 valence electrons. The lowest BCUT2D eigenvalue weighted by molar-refractivity contribution is -0.119. The molecule has 0 aliphatic rings. The fourth-order valence-corrected chi connectivity index (χ4v) is 3.24. The average Bonchev–Trinajstić information content (AvgIpc) is 3.16. The number of ether oxygens (including phenoxy) is 1. The van der Waals surface area contributed by atoms with Crippen LogP contribution in [-0.2, 0) is 4.79 Å². The van der Waals surface area contributed by atoms with Gasteiger partial charge in [0.05, 0.1) is 24.6 Å². The highest BCUT2D eigenvalue weighted by Gasteiger charge is 2.13.